The maximum Gasteiger partial charge on any atom is 0.295 e. The van der Waals surface area contributed by atoms with Gasteiger partial charge in [0.25, 0.3) is 11.7 Å². The molecule has 1 amide bonds. The highest BCUT2D eigenvalue weighted by Gasteiger charge is 2.46. The second kappa shape index (κ2) is 10.5. The second-order valence-corrected chi connectivity index (χ2v) is 11.2. The van der Waals surface area contributed by atoms with E-state index in [0.29, 0.717) is 12.2 Å². The molecule has 1 fully saturated rings. The minimum atomic E-state index is -0.718. The number of carbonyl (C=O) groups is 2. The van der Waals surface area contributed by atoms with E-state index in [9.17, 15) is 14.7 Å². The number of aliphatic hydroxyl groups excluding tert-OH is 1. The van der Waals surface area contributed by atoms with Crippen molar-refractivity contribution in [3.63, 3.8) is 0 Å². The third-order valence-electron chi connectivity index (χ3n) is 6.65. The lowest BCUT2D eigenvalue weighted by atomic mass is 9.85. The number of carbonyl (C=O) groups excluding carboxylic acids is 2. The van der Waals surface area contributed by atoms with Gasteiger partial charge < -0.3 is 14.7 Å². The van der Waals surface area contributed by atoms with Crippen molar-refractivity contribution in [2.24, 2.45) is 0 Å². The molecule has 6 heteroatoms. The number of likely N-dealkylation sites (tertiary alicyclic amines) is 1. The van der Waals surface area contributed by atoms with Gasteiger partial charge in [-0.2, -0.15) is 0 Å². The number of rotatable bonds is 6. The van der Waals surface area contributed by atoms with Crippen LogP contribution in [0.4, 0.5) is 0 Å². The van der Waals surface area contributed by atoms with Crippen LogP contribution >= 0.6 is 15.9 Å². The van der Waals surface area contributed by atoms with Crippen LogP contribution in [0.25, 0.3) is 5.76 Å². The molecule has 4 rings (SSSR count). The number of halogens is 1. The largest absolute Gasteiger partial charge is 0.507 e. The molecule has 192 valence electrons. The summed E-state index contributed by atoms with van der Waals surface area (Å²) in [4.78, 5) is 28.3. The predicted molar refractivity (Wildman–Crippen MR) is 149 cm³/mol. The van der Waals surface area contributed by atoms with E-state index in [1.54, 1.807) is 17.0 Å². The number of aryl methyl sites for hydroxylation is 1. The molecular weight excluding hydrogens is 530 g/mol. The monoisotopic (exact) mass is 561 g/mol. The van der Waals surface area contributed by atoms with Crippen molar-refractivity contribution in [1.82, 2.24) is 4.90 Å². The molecule has 0 aromatic heterocycles. The van der Waals surface area contributed by atoms with E-state index in [4.69, 9.17) is 4.74 Å². The Balaban J connectivity index is 1.82. The molecule has 0 bridgehead atoms. The maximum absolute atomic E-state index is 13.4. The highest BCUT2D eigenvalue weighted by molar-refractivity contribution is 9.10. The van der Waals surface area contributed by atoms with E-state index >= 15 is 0 Å². The van der Waals surface area contributed by atoms with Crippen LogP contribution in [-0.2, 0) is 21.5 Å². The first-order valence-corrected chi connectivity index (χ1v) is 13.2. The Morgan fingerprint density at radius 3 is 2.22 bits per heavy atom. The summed E-state index contributed by atoms with van der Waals surface area (Å²) in [5.74, 6) is -0.746. The van der Waals surface area contributed by atoms with Gasteiger partial charge in [-0.15, -0.1) is 0 Å². The second-order valence-electron chi connectivity index (χ2n) is 10.3. The van der Waals surface area contributed by atoms with E-state index in [1.165, 1.54) is 0 Å². The normalized spacial score (nSPS) is 17.4. The number of ketones is 1. The first-order valence-electron chi connectivity index (χ1n) is 12.4. The van der Waals surface area contributed by atoms with Gasteiger partial charge in [-0.25, -0.2) is 0 Å². The summed E-state index contributed by atoms with van der Waals surface area (Å²) in [6, 6.07) is 20.1. The van der Waals surface area contributed by atoms with Gasteiger partial charge in [0.1, 0.15) is 11.5 Å². The molecule has 3 aromatic rings. The first kappa shape index (κ1) is 26.7. The third-order valence-corrected chi connectivity index (χ3v) is 7.54. The average molecular weight is 563 g/mol. The quantitative estimate of drug-likeness (QED) is 0.198. The zero-order valence-corrected chi connectivity index (χ0v) is 23.4. The van der Waals surface area contributed by atoms with Crippen molar-refractivity contribution in [1.29, 1.82) is 0 Å². The molecule has 1 heterocycles. The molecule has 1 unspecified atom stereocenters. The summed E-state index contributed by atoms with van der Waals surface area (Å²) < 4.78 is 6.43. The van der Waals surface area contributed by atoms with Crippen LogP contribution in [0.5, 0.6) is 5.75 Å². The fourth-order valence-corrected chi connectivity index (χ4v) is 4.80. The van der Waals surface area contributed by atoms with E-state index in [0.717, 1.165) is 32.5 Å². The smallest absolute Gasteiger partial charge is 0.295 e. The summed E-state index contributed by atoms with van der Waals surface area (Å²) >= 11 is 3.48. The van der Waals surface area contributed by atoms with Gasteiger partial charge >= 0.3 is 0 Å². The zero-order valence-electron chi connectivity index (χ0n) is 21.8. The molecule has 1 aliphatic heterocycles. The lowest BCUT2D eigenvalue weighted by Gasteiger charge is -2.27. The van der Waals surface area contributed by atoms with Gasteiger partial charge in [0.05, 0.1) is 18.2 Å². The Hall–Kier alpha value is -3.38. The fraction of sp³-hybridized carbons (Fsp3) is 0.290. The average Bonchev–Trinajstić information content (AvgIpc) is 3.11. The molecular formula is C31H32BrNO4. The zero-order chi connectivity index (χ0) is 26.9. The molecule has 0 aliphatic carbocycles. The molecule has 1 saturated heterocycles. The highest BCUT2D eigenvalue weighted by Crippen LogP contribution is 2.41. The number of aliphatic hydroxyl groups is 1. The SMILES string of the molecule is CCOc1ccc(CN2C(=O)C(=O)/C(=C(\O)c3ccc(Br)c(C)c3)C2c2ccc(C(C)(C)C)cc2)cc1. The van der Waals surface area contributed by atoms with Gasteiger partial charge in [0.2, 0.25) is 0 Å². The molecule has 0 saturated carbocycles. The van der Waals surface area contributed by atoms with Crippen molar-refractivity contribution >= 4 is 33.4 Å². The molecule has 37 heavy (non-hydrogen) atoms. The van der Waals surface area contributed by atoms with Crippen LogP contribution in [0, 0.1) is 6.92 Å². The number of nitrogens with zero attached hydrogens (tertiary/aromatic N) is 1. The Labute approximate surface area is 226 Å². The summed E-state index contributed by atoms with van der Waals surface area (Å²) in [6.07, 6.45) is 0. The van der Waals surface area contributed by atoms with Crippen molar-refractivity contribution in [3.8, 4) is 5.75 Å². The lowest BCUT2D eigenvalue weighted by molar-refractivity contribution is -0.140. The first-order chi connectivity index (χ1) is 17.5. The van der Waals surface area contributed by atoms with Crippen molar-refractivity contribution in [2.45, 2.75) is 52.6 Å². The Kier molecular flexibility index (Phi) is 7.60. The number of benzene rings is 3. The number of hydrogen-bond acceptors (Lipinski definition) is 4. The van der Waals surface area contributed by atoms with E-state index < -0.39 is 17.7 Å². The Bertz CT molecular complexity index is 1350. The molecule has 1 atom stereocenters. The molecule has 0 radical (unpaired) electrons. The summed E-state index contributed by atoms with van der Waals surface area (Å²) in [5.41, 5.74) is 4.24. The number of amides is 1. The number of ether oxygens (including phenoxy) is 1. The van der Waals surface area contributed by atoms with Crippen LogP contribution < -0.4 is 4.74 Å². The molecule has 5 nitrogen and oxygen atoms in total. The van der Waals surface area contributed by atoms with Gasteiger partial charge in [0, 0.05) is 16.6 Å². The number of hydrogen-bond donors (Lipinski definition) is 1. The summed E-state index contributed by atoms with van der Waals surface area (Å²) in [6.45, 7) is 11.0. The molecule has 1 N–H and O–H groups in total. The molecule has 3 aromatic carbocycles. The van der Waals surface area contributed by atoms with Gasteiger partial charge in [0.15, 0.2) is 0 Å². The Morgan fingerprint density at radius 1 is 1.00 bits per heavy atom. The third kappa shape index (κ3) is 5.49. The van der Waals surface area contributed by atoms with Crippen molar-refractivity contribution < 1.29 is 19.4 Å². The summed E-state index contributed by atoms with van der Waals surface area (Å²) in [7, 11) is 0. The number of Topliss-reactive ketones (excluding diaryl/α,β-unsaturated/α-hetero) is 1. The van der Waals surface area contributed by atoms with E-state index in [2.05, 4.69) is 36.7 Å². The van der Waals surface area contributed by atoms with E-state index in [-0.39, 0.29) is 23.3 Å². The minimum absolute atomic E-state index is 0.0440. The topological polar surface area (TPSA) is 66.8 Å². The molecule has 0 spiro atoms. The minimum Gasteiger partial charge on any atom is -0.507 e. The van der Waals surface area contributed by atoms with Gasteiger partial charge in [-0.05, 0) is 65.8 Å². The summed E-state index contributed by atoms with van der Waals surface area (Å²) in [5, 5.41) is 11.4. The van der Waals surface area contributed by atoms with Crippen LogP contribution in [0.3, 0.4) is 0 Å². The predicted octanol–water partition coefficient (Wildman–Crippen LogP) is 7.08. The van der Waals surface area contributed by atoms with Crippen LogP contribution in [0.1, 0.15) is 61.6 Å². The van der Waals surface area contributed by atoms with Crippen LogP contribution in [0.2, 0.25) is 0 Å². The van der Waals surface area contributed by atoms with E-state index in [1.807, 2.05) is 68.4 Å². The van der Waals surface area contributed by atoms with Crippen molar-refractivity contribution in [2.75, 3.05) is 6.61 Å². The maximum atomic E-state index is 13.4. The van der Waals surface area contributed by atoms with Crippen LogP contribution in [0.15, 0.2) is 76.8 Å². The highest BCUT2D eigenvalue weighted by atomic mass is 79.9. The van der Waals surface area contributed by atoms with Gasteiger partial charge in [-0.1, -0.05) is 79.2 Å². The Morgan fingerprint density at radius 2 is 1.65 bits per heavy atom. The standard InChI is InChI=1S/C31H32BrNO4/c1-6-37-24-14-7-20(8-15-24)18-33-27(21-9-12-23(13-10-21)31(3,4)5)26(29(35)30(33)36)28(34)22-11-16-25(32)19(2)17-22/h7-17,27,34H,6,18H2,1-5H3/b28-26-. The van der Waals surface area contributed by atoms with Gasteiger partial charge in [-0.3, -0.25) is 9.59 Å². The molecule has 1 aliphatic rings. The lowest BCUT2D eigenvalue weighted by Crippen LogP contribution is -2.29. The van der Waals surface area contributed by atoms with Crippen LogP contribution in [-0.4, -0.2) is 28.3 Å². The van der Waals surface area contributed by atoms with Crippen molar-refractivity contribution in [3.05, 3.63) is 105 Å². The fourth-order valence-electron chi connectivity index (χ4n) is 4.56.